The van der Waals surface area contributed by atoms with E-state index in [9.17, 15) is 14.4 Å². The van der Waals surface area contributed by atoms with E-state index in [2.05, 4.69) is 5.32 Å². The number of para-hydroxylation sites is 1. The molecule has 0 unspecified atom stereocenters. The van der Waals surface area contributed by atoms with Crippen LogP contribution in [-0.4, -0.2) is 40.8 Å². The summed E-state index contributed by atoms with van der Waals surface area (Å²) in [6.07, 6.45) is 0.901. The summed E-state index contributed by atoms with van der Waals surface area (Å²) in [5.41, 5.74) is 1.84. The number of nitrogens with one attached hydrogen (secondary N) is 1. The first kappa shape index (κ1) is 15.8. The van der Waals surface area contributed by atoms with Gasteiger partial charge in [0.25, 0.3) is 0 Å². The number of hydrogen-bond acceptors (Lipinski definition) is 3. The number of aliphatic carboxylic acids is 2. The Hall–Kier alpha value is -2.57. The fourth-order valence-electron chi connectivity index (χ4n) is 2.49. The van der Waals surface area contributed by atoms with E-state index in [4.69, 9.17) is 10.2 Å². The zero-order chi connectivity index (χ0) is 16.1. The van der Waals surface area contributed by atoms with Crippen molar-refractivity contribution in [3.05, 3.63) is 29.8 Å². The predicted molar refractivity (Wildman–Crippen MR) is 78.9 cm³/mol. The molecule has 1 aromatic carbocycles. The van der Waals surface area contributed by atoms with Crippen LogP contribution in [0, 0.1) is 0 Å². The number of carbonyl (C=O) groups excluding carboxylic acids is 1. The third-order valence-electron chi connectivity index (χ3n) is 3.61. The van der Waals surface area contributed by atoms with Gasteiger partial charge < -0.3 is 15.5 Å². The predicted octanol–water partition coefficient (Wildman–Crippen LogP) is 1.47. The minimum atomic E-state index is -1.16. The summed E-state index contributed by atoms with van der Waals surface area (Å²) in [4.78, 5) is 35.4. The lowest BCUT2D eigenvalue weighted by Crippen LogP contribution is -2.47. The fraction of sp³-hybridized carbons (Fsp3) is 0.400. The zero-order valence-electron chi connectivity index (χ0n) is 12.0. The number of carboxylic acids is 2. The Morgan fingerprint density at radius 2 is 1.95 bits per heavy atom. The molecule has 118 valence electrons. The van der Waals surface area contributed by atoms with E-state index in [1.807, 2.05) is 24.3 Å². The number of rotatable bonds is 6. The highest BCUT2D eigenvalue weighted by Crippen LogP contribution is 2.27. The Bertz CT molecular complexity index is 587. The lowest BCUT2D eigenvalue weighted by Gasteiger charge is -2.21. The lowest BCUT2D eigenvalue weighted by atomic mass is 10.1. The third kappa shape index (κ3) is 3.75. The molecular weight excluding hydrogens is 288 g/mol. The maximum absolute atomic E-state index is 12.3. The molecule has 0 bridgehead atoms. The van der Waals surface area contributed by atoms with Crippen LogP contribution in [0.5, 0.6) is 0 Å². The summed E-state index contributed by atoms with van der Waals surface area (Å²) < 4.78 is 0. The molecule has 1 aromatic rings. The van der Waals surface area contributed by atoms with Gasteiger partial charge >= 0.3 is 18.0 Å². The lowest BCUT2D eigenvalue weighted by molar-refractivity contribution is -0.140. The average molecular weight is 306 g/mol. The summed E-state index contributed by atoms with van der Waals surface area (Å²) >= 11 is 0. The number of urea groups is 1. The van der Waals surface area contributed by atoms with Crippen molar-refractivity contribution in [2.24, 2.45) is 0 Å². The highest BCUT2D eigenvalue weighted by molar-refractivity contribution is 5.96. The van der Waals surface area contributed by atoms with E-state index < -0.39 is 24.0 Å². The van der Waals surface area contributed by atoms with Gasteiger partial charge in [0, 0.05) is 18.7 Å². The Morgan fingerprint density at radius 1 is 1.23 bits per heavy atom. The number of hydrogen-bond donors (Lipinski definition) is 3. The number of benzene rings is 1. The van der Waals surface area contributed by atoms with Gasteiger partial charge in [-0.25, -0.2) is 9.59 Å². The van der Waals surface area contributed by atoms with Crippen LogP contribution in [0.4, 0.5) is 10.5 Å². The average Bonchev–Trinajstić information content (AvgIpc) is 2.89. The first-order valence-electron chi connectivity index (χ1n) is 7.09. The van der Waals surface area contributed by atoms with Crippen LogP contribution < -0.4 is 10.2 Å². The topological polar surface area (TPSA) is 107 Å². The Morgan fingerprint density at radius 3 is 2.64 bits per heavy atom. The summed E-state index contributed by atoms with van der Waals surface area (Å²) in [7, 11) is 0. The van der Waals surface area contributed by atoms with E-state index >= 15 is 0 Å². The summed E-state index contributed by atoms with van der Waals surface area (Å²) in [6.45, 7) is 0.507. The highest BCUT2D eigenvalue weighted by Gasteiger charge is 2.27. The molecule has 0 spiro atoms. The zero-order valence-corrected chi connectivity index (χ0v) is 12.0. The van der Waals surface area contributed by atoms with E-state index in [0.29, 0.717) is 6.54 Å². The fourth-order valence-corrected chi connectivity index (χ4v) is 2.49. The molecule has 1 heterocycles. The van der Waals surface area contributed by atoms with Gasteiger partial charge in [-0.05, 0) is 30.9 Å². The molecule has 0 saturated carbocycles. The molecule has 7 heteroatoms. The van der Waals surface area contributed by atoms with Gasteiger partial charge in [-0.15, -0.1) is 0 Å². The largest absolute Gasteiger partial charge is 0.481 e. The van der Waals surface area contributed by atoms with Gasteiger partial charge in [0.2, 0.25) is 0 Å². The molecule has 2 rings (SSSR count). The van der Waals surface area contributed by atoms with Crippen LogP contribution in [-0.2, 0) is 16.0 Å². The van der Waals surface area contributed by atoms with Gasteiger partial charge in [0.15, 0.2) is 0 Å². The van der Waals surface area contributed by atoms with E-state index in [-0.39, 0.29) is 19.3 Å². The number of fused-ring (bicyclic) bond motifs is 1. The second-order valence-electron chi connectivity index (χ2n) is 5.16. The summed E-state index contributed by atoms with van der Waals surface area (Å²) in [6, 6.07) is 5.93. The van der Waals surface area contributed by atoms with E-state index in [1.165, 1.54) is 4.90 Å². The SMILES string of the molecule is O=C(O)CCC[C@@H](NC(=O)N1CCc2ccccc21)C(=O)O. The van der Waals surface area contributed by atoms with Crippen molar-refractivity contribution in [3.8, 4) is 0 Å². The third-order valence-corrected chi connectivity index (χ3v) is 3.61. The van der Waals surface area contributed by atoms with E-state index in [1.54, 1.807) is 0 Å². The molecule has 0 aliphatic carbocycles. The molecule has 3 N–H and O–H groups in total. The molecule has 22 heavy (non-hydrogen) atoms. The number of nitrogens with zero attached hydrogens (tertiary/aromatic N) is 1. The van der Waals surface area contributed by atoms with Crippen molar-refractivity contribution >= 4 is 23.7 Å². The molecule has 1 atom stereocenters. The van der Waals surface area contributed by atoms with Gasteiger partial charge in [-0.1, -0.05) is 18.2 Å². The van der Waals surface area contributed by atoms with Crippen molar-refractivity contribution in [2.75, 3.05) is 11.4 Å². The van der Waals surface area contributed by atoms with Crippen molar-refractivity contribution in [1.82, 2.24) is 5.32 Å². The van der Waals surface area contributed by atoms with Gasteiger partial charge in [-0.3, -0.25) is 9.69 Å². The second-order valence-corrected chi connectivity index (χ2v) is 5.16. The quantitative estimate of drug-likeness (QED) is 0.737. The summed E-state index contributed by atoms with van der Waals surface area (Å²) in [5, 5.41) is 20.2. The normalized spacial score (nSPS) is 14.3. The minimum absolute atomic E-state index is 0.0862. The van der Waals surface area contributed by atoms with Crippen LogP contribution >= 0.6 is 0 Å². The number of amides is 2. The Labute approximate surface area is 127 Å². The molecular formula is C15H18N2O5. The van der Waals surface area contributed by atoms with Crippen molar-refractivity contribution in [2.45, 2.75) is 31.7 Å². The first-order valence-corrected chi connectivity index (χ1v) is 7.09. The van der Waals surface area contributed by atoms with Gasteiger partial charge in [-0.2, -0.15) is 0 Å². The maximum Gasteiger partial charge on any atom is 0.326 e. The van der Waals surface area contributed by atoms with Crippen LogP contribution in [0.15, 0.2) is 24.3 Å². The molecule has 1 aliphatic rings. The minimum Gasteiger partial charge on any atom is -0.481 e. The Kier molecular flexibility index (Phi) is 4.98. The van der Waals surface area contributed by atoms with Crippen LogP contribution in [0.25, 0.3) is 0 Å². The molecule has 1 aliphatic heterocycles. The number of carboxylic acid groups (broad SMARTS) is 2. The standard InChI is InChI=1S/C15H18N2O5/c18-13(19)7-3-5-11(14(20)21)16-15(22)17-9-8-10-4-1-2-6-12(10)17/h1-2,4,6,11H,3,5,7-9H2,(H,16,22)(H,18,19)(H,20,21)/t11-/m1/s1. The molecule has 0 radical (unpaired) electrons. The van der Waals surface area contributed by atoms with E-state index in [0.717, 1.165) is 17.7 Å². The molecule has 2 amide bonds. The van der Waals surface area contributed by atoms with Crippen LogP contribution in [0.1, 0.15) is 24.8 Å². The van der Waals surface area contributed by atoms with Crippen molar-refractivity contribution < 1.29 is 24.6 Å². The summed E-state index contributed by atoms with van der Waals surface area (Å²) in [5.74, 6) is -2.14. The molecule has 7 nitrogen and oxygen atoms in total. The monoisotopic (exact) mass is 306 g/mol. The molecule has 0 aromatic heterocycles. The Balaban J connectivity index is 1.97. The van der Waals surface area contributed by atoms with Crippen molar-refractivity contribution in [3.63, 3.8) is 0 Å². The van der Waals surface area contributed by atoms with Crippen LogP contribution in [0.3, 0.4) is 0 Å². The highest BCUT2D eigenvalue weighted by atomic mass is 16.4. The second kappa shape index (κ2) is 6.93. The smallest absolute Gasteiger partial charge is 0.326 e. The van der Waals surface area contributed by atoms with Crippen molar-refractivity contribution in [1.29, 1.82) is 0 Å². The number of anilines is 1. The van der Waals surface area contributed by atoms with Crippen LogP contribution in [0.2, 0.25) is 0 Å². The molecule has 0 saturated heterocycles. The maximum atomic E-state index is 12.3. The van der Waals surface area contributed by atoms with Gasteiger partial charge in [0.1, 0.15) is 6.04 Å². The molecule has 0 fully saturated rings. The number of carbonyl (C=O) groups is 3. The first-order chi connectivity index (χ1) is 10.5. The van der Waals surface area contributed by atoms with Gasteiger partial charge in [0.05, 0.1) is 0 Å².